The highest BCUT2D eigenvalue weighted by Crippen LogP contribution is 2.40. The van der Waals surface area contributed by atoms with Crippen molar-refractivity contribution >= 4 is 34.5 Å². The second kappa shape index (κ2) is 6.45. The molecule has 3 aromatic rings. The Morgan fingerprint density at radius 3 is 2.30 bits per heavy atom. The number of nitrogens with two attached hydrogens (primary N) is 2. The first kappa shape index (κ1) is 17.1. The Bertz CT molecular complexity index is 1090. The molecule has 0 radical (unpaired) electrons. The van der Waals surface area contributed by atoms with Crippen LogP contribution >= 0.6 is 11.6 Å². The predicted octanol–water partition coefficient (Wildman–Crippen LogP) is 3.86. The van der Waals surface area contributed by atoms with Gasteiger partial charge in [0.25, 0.3) is 0 Å². The van der Waals surface area contributed by atoms with Crippen molar-refractivity contribution in [2.45, 2.75) is 6.61 Å². The molecule has 27 heavy (non-hydrogen) atoms. The summed E-state index contributed by atoms with van der Waals surface area (Å²) in [5.41, 5.74) is 14.1. The summed E-state index contributed by atoms with van der Waals surface area (Å²) in [5, 5.41) is 0.368. The maximum absolute atomic E-state index is 13.0. The van der Waals surface area contributed by atoms with E-state index in [9.17, 15) is 9.59 Å². The van der Waals surface area contributed by atoms with Crippen molar-refractivity contribution in [3.8, 4) is 5.75 Å². The van der Waals surface area contributed by atoms with Gasteiger partial charge in [0.05, 0.1) is 16.8 Å². The summed E-state index contributed by atoms with van der Waals surface area (Å²) in [5.74, 6) is -0.472. The number of rotatable bonds is 3. The Kier molecular flexibility index (Phi) is 4.09. The van der Waals surface area contributed by atoms with Gasteiger partial charge >= 0.3 is 0 Å². The quantitative estimate of drug-likeness (QED) is 0.528. The van der Waals surface area contributed by atoms with Crippen LogP contribution in [0.2, 0.25) is 5.02 Å². The first-order valence-corrected chi connectivity index (χ1v) is 8.62. The molecular formula is C21H15ClN2O3. The van der Waals surface area contributed by atoms with E-state index < -0.39 is 0 Å². The molecular weight excluding hydrogens is 364 g/mol. The van der Waals surface area contributed by atoms with Crippen LogP contribution in [0.25, 0.3) is 0 Å². The standard InChI is InChI=1S/C21H15ClN2O3/c22-12-6-7-13-14(8-12)21(26)17-15(23)9-16(19(24)18(17)20(13)25)27-10-11-4-2-1-3-5-11/h1-9H,10,23-24H2. The zero-order chi connectivity index (χ0) is 19.1. The molecule has 6 heteroatoms. The molecule has 0 bridgehead atoms. The van der Waals surface area contributed by atoms with Gasteiger partial charge in [-0.25, -0.2) is 0 Å². The van der Waals surface area contributed by atoms with E-state index in [2.05, 4.69) is 0 Å². The van der Waals surface area contributed by atoms with Crippen LogP contribution in [-0.2, 0) is 6.61 Å². The molecule has 134 valence electrons. The van der Waals surface area contributed by atoms with Gasteiger partial charge in [0, 0.05) is 27.9 Å². The Morgan fingerprint density at radius 1 is 0.852 bits per heavy atom. The maximum atomic E-state index is 13.0. The summed E-state index contributed by atoms with van der Waals surface area (Å²) < 4.78 is 5.77. The molecule has 0 spiro atoms. The van der Waals surface area contributed by atoms with E-state index in [1.165, 1.54) is 18.2 Å². The number of anilines is 2. The van der Waals surface area contributed by atoms with Gasteiger partial charge < -0.3 is 16.2 Å². The van der Waals surface area contributed by atoms with Crippen LogP contribution in [0.5, 0.6) is 5.75 Å². The monoisotopic (exact) mass is 378 g/mol. The van der Waals surface area contributed by atoms with Crippen LogP contribution in [0.4, 0.5) is 11.4 Å². The topological polar surface area (TPSA) is 95.4 Å². The minimum atomic E-state index is -0.374. The predicted molar refractivity (Wildman–Crippen MR) is 104 cm³/mol. The molecule has 1 aliphatic carbocycles. The first-order chi connectivity index (χ1) is 13.0. The lowest BCUT2D eigenvalue weighted by atomic mass is 9.82. The fraction of sp³-hybridized carbons (Fsp3) is 0.0476. The number of ether oxygens (including phenoxy) is 1. The molecule has 5 nitrogen and oxygen atoms in total. The van der Waals surface area contributed by atoms with Crippen LogP contribution < -0.4 is 16.2 Å². The van der Waals surface area contributed by atoms with Crippen LogP contribution in [-0.4, -0.2) is 11.6 Å². The van der Waals surface area contributed by atoms with Gasteiger partial charge in [-0.1, -0.05) is 41.9 Å². The van der Waals surface area contributed by atoms with E-state index in [-0.39, 0.29) is 57.6 Å². The number of halogens is 1. The summed E-state index contributed by atoms with van der Waals surface area (Å²) in [6.07, 6.45) is 0. The number of hydrogen-bond acceptors (Lipinski definition) is 5. The number of benzene rings is 3. The highest BCUT2D eigenvalue weighted by Gasteiger charge is 2.34. The Labute approximate surface area is 160 Å². The average Bonchev–Trinajstić information content (AvgIpc) is 2.67. The summed E-state index contributed by atoms with van der Waals surface area (Å²) in [4.78, 5) is 25.9. The number of carbonyl (C=O) groups excluding carboxylic acids is 2. The van der Waals surface area contributed by atoms with E-state index in [0.717, 1.165) is 5.56 Å². The fourth-order valence-corrected chi connectivity index (χ4v) is 3.37. The number of hydrogen-bond donors (Lipinski definition) is 2. The van der Waals surface area contributed by atoms with Crippen LogP contribution in [0.15, 0.2) is 54.6 Å². The maximum Gasteiger partial charge on any atom is 0.196 e. The van der Waals surface area contributed by atoms with Crippen molar-refractivity contribution in [1.82, 2.24) is 0 Å². The van der Waals surface area contributed by atoms with E-state index in [1.54, 1.807) is 6.07 Å². The third-order valence-corrected chi connectivity index (χ3v) is 4.76. The van der Waals surface area contributed by atoms with Crippen LogP contribution in [0, 0.1) is 0 Å². The van der Waals surface area contributed by atoms with Crippen molar-refractivity contribution in [2.75, 3.05) is 11.5 Å². The second-order valence-corrected chi connectivity index (χ2v) is 6.69. The lowest BCUT2D eigenvalue weighted by Crippen LogP contribution is -2.24. The summed E-state index contributed by atoms with van der Waals surface area (Å²) in [7, 11) is 0. The molecule has 0 aliphatic heterocycles. The minimum Gasteiger partial charge on any atom is -0.487 e. The van der Waals surface area contributed by atoms with Gasteiger partial charge in [-0.15, -0.1) is 0 Å². The van der Waals surface area contributed by atoms with Gasteiger partial charge in [-0.2, -0.15) is 0 Å². The minimum absolute atomic E-state index is 0.0814. The molecule has 0 saturated carbocycles. The highest BCUT2D eigenvalue weighted by molar-refractivity contribution is 6.35. The Morgan fingerprint density at radius 2 is 1.56 bits per heavy atom. The SMILES string of the molecule is Nc1cc(OCc2ccccc2)c(N)c2c1C(=O)c1cc(Cl)ccc1C2=O. The van der Waals surface area contributed by atoms with Gasteiger partial charge in [0.15, 0.2) is 11.6 Å². The molecule has 0 aromatic heterocycles. The largest absolute Gasteiger partial charge is 0.487 e. The lowest BCUT2D eigenvalue weighted by molar-refractivity contribution is 0.0980. The van der Waals surface area contributed by atoms with E-state index in [1.807, 2.05) is 30.3 Å². The van der Waals surface area contributed by atoms with Crippen molar-refractivity contribution in [3.63, 3.8) is 0 Å². The van der Waals surface area contributed by atoms with Crippen molar-refractivity contribution in [3.05, 3.63) is 87.4 Å². The van der Waals surface area contributed by atoms with Crippen molar-refractivity contribution in [1.29, 1.82) is 0 Å². The summed E-state index contributed by atoms with van der Waals surface area (Å²) in [6.45, 7) is 0.262. The average molecular weight is 379 g/mol. The molecule has 0 heterocycles. The number of nitrogen functional groups attached to an aromatic ring is 2. The zero-order valence-corrected chi connectivity index (χ0v) is 14.9. The van der Waals surface area contributed by atoms with Gasteiger partial charge in [-0.05, 0) is 23.8 Å². The van der Waals surface area contributed by atoms with Crippen molar-refractivity contribution in [2.24, 2.45) is 0 Å². The van der Waals surface area contributed by atoms with Gasteiger partial charge in [0.2, 0.25) is 0 Å². The van der Waals surface area contributed by atoms with Crippen LogP contribution in [0.3, 0.4) is 0 Å². The zero-order valence-electron chi connectivity index (χ0n) is 14.2. The molecule has 0 atom stereocenters. The summed E-state index contributed by atoms with van der Waals surface area (Å²) >= 11 is 5.97. The Balaban J connectivity index is 1.79. The Hall–Kier alpha value is -3.31. The molecule has 0 fully saturated rings. The third-order valence-electron chi connectivity index (χ3n) is 4.52. The molecule has 4 rings (SSSR count). The normalized spacial score (nSPS) is 12.5. The van der Waals surface area contributed by atoms with Crippen molar-refractivity contribution < 1.29 is 14.3 Å². The van der Waals surface area contributed by atoms with E-state index in [0.29, 0.717) is 5.02 Å². The number of fused-ring (bicyclic) bond motifs is 2. The molecule has 0 saturated heterocycles. The number of ketones is 2. The van der Waals surface area contributed by atoms with Gasteiger partial charge in [-0.3, -0.25) is 9.59 Å². The first-order valence-electron chi connectivity index (χ1n) is 8.25. The van der Waals surface area contributed by atoms with Gasteiger partial charge in [0.1, 0.15) is 12.4 Å². The lowest BCUT2D eigenvalue weighted by Gasteiger charge is -2.22. The second-order valence-electron chi connectivity index (χ2n) is 6.25. The molecule has 0 amide bonds. The molecule has 0 unspecified atom stereocenters. The molecule has 4 N–H and O–H groups in total. The fourth-order valence-electron chi connectivity index (χ4n) is 3.20. The summed E-state index contributed by atoms with van der Waals surface area (Å²) in [6, 6.07) is 15.6. The molecule has 3 aromatic carbocycles. The highest BCUT2D eigenvalue weighted by atomic mass is 35.5. The van der Waals surface area contributed by atoms with Crippen LogP contribution in [0.1, 0.15) is 37.4 Å². The smallest absolute Gasteiger partial charge is 0.196 e. The number of carbonyl (C=O) groups is 2. The van der Waals surface area contributed by atoms with E-state index >= 15 is 0 Å². The van der Waals surface area contributed by atoms with E-state index in [4.69, 9.17) is 27.8 Å². The third kappa shape index (κ3) is 2.82. The molecule has 1 aliphatic rings.